The van der Waals surface area contributed by atoms with Gasteiger partial charge in [0.2, 0.25) is 15.9 Å². The molecule has 3 heterocycles. The standard InChI is InChI=1S/C15H17N3O5S/c19-13-8-10-7-11(1-2-12(10)17-13)24(21,22)18-5-3-15(4-6-18)9-16-14(20)23-15/h1-2,7H,3-6,8-9H2,(H,16,20)(H,17,19). The Morgan fingerprint density at radius 1 is 1.17 bits per heavy atom. The maximum absolute atomic E-state index is 12.8. The molecule has 4 rings (SSSR count). The second kappa shape index (κ2) is 5.18. The summed E-state index contributed by atoms with van der Waals surface area (Å²) in [6.07, 6.45) is 0.692. The topological polar surface area (TPSA) is 105 Å². The Balaban J connectivity index is 1.53. The maximum Gasteiger partial charge on any atom is 0.407 e. The molecule has 3 aliphatic rings. The van der Waals surface area contributed by atoms with Crippen molar-refractivity contribution >= 4 is 27.7 Å². The monoisotopic (exact) mass is 351 g/mol. The van der Waals surface area contributed by atoms with Gasteiger partial charge in [-0.3, -0.25) is 4.79 Å². The van der Waals surface area contributed by atoms with E-state index in [9.17, 15) is 18.0 Å². The summed E-state index contributed by atoms with van der Waals surface area (Å²) in [4.78, 5) is 22.9. The van der Waals surface area contributed by atoms with Crippen LogP contribution in [0.1, 0.15) is 18.4 Å². The highest BCUT2D eigenvalue weighted by Crippen LogP contribution is 2.33. The number of rotatable bonds is 2. The molecule has 24 heavy (non-hydrogen) atoms. The van der Waals surface area contributed by atoms with Crippen LogP contribution in [0.4, 0.5) is 10.5 Å². The van der Waals surface area contributed by atoms with E-state index in [1.807, 2.05) is 0 Å². The minimum absolute atomic E-state index is 0.130. The molecule has 0 unspecified atom stereocenters. The fraction of sp³-hybridized carbons (Fsp3) is 0.467. The summed E-state index contributed by atoms with van der Waals surface area (Å²) in [7, 11) is -3.63. The Hall–Kier alpha value is -2.13. The van der Waals surface area contributed by atoms with Gasteiger partial charge in [0.1, 0.15) is 5.60 Å². The van der Waals surface area contributed by atoms with E-state index in [4.69, 9.17) is 4.74 Å². The first-order valence-electron chi connectivity index (χ1n) is 7.78. The molecule has 0 aromatic heterocycles. The fourth-order valence-electron chi connectivity index (χ4n) is 3.43. The molecule has 3 aliphatic heterocycles. The summed E-state index contributed by atoms with van der Waals surface area (Å²) in [6, 6.07) is 4.70. The van der Waals surface area contributed by atoms with Crippen LogP contribution in [0.25, 0.3) is 0 Å². The van der Waals surface area contributed by atoms with Crippen LogP contribution >= 0.6 is 0 Å². The Bertz CT molecular complexity index is 828. The normalized spacial score (nSPS) is 22.8. The van der Waals surface area contributed by atoms with Gasteiger partial charge >= 0.3 is 6.09 Å². The van der Waals surface area contributed by atoms with Crippen LogP contribution in [0.2, 0.25) is 0 Å². The lowest BCUT2D eigenvalue weighted by Gasteiger charge is -2.36. The van der Waals surface area contributed by atoms with Crippen molar-refractivity contribution in [2.45, 2.75) is 29.8 Å². The first kappa shape index (κ1) is 15.4. The molecule has 2 saturated heterocycles. The van der Waals surface area contributed by atoms with Gasteiger partial charge in [0, 0.05) is 31.6 Å². The third-order valence-electron chi connectivity index (χ3n) is 4.84. The molecule has 0 saturated carbocycles. The molecule has 0 atom stereocenters. The zero-order valence-electron chi connectivity index (χ0n) is 12.9. The Kier molecular flexibility index (Phi) is 3.33. The summed E-state index contributed by atoms with van der Waals surface area (Å²) < 4.78 is 32.4. The molecule has 2 amide bonds. The number of amides is 2. The van der Waals surface area contributed by atoms with E-state index in [0.717, 1.165) is 0 Å². The summed E-state index contributed by atoms with van der Waals surface area (Å²) in [6.45, 7) is 1.02. The lowest BCUT2D eigenvalue weighted by Crippen LogP contribution is -2.48. The van der Waals surface area contributed by atoms with Crippen LogP contribution in [0, 0.1) is 0 Å². The highest BCUT2D eigenvalue weighted by molar-refractivity contribution is 7.89. The third kappa shape index (κ3) is 2.44. The molecule has 0 bridgehead atoms. The second-order valence-electron chi connectivity index (χ2n) is 6.37. The SMILES string of the molecule is O=C1Cc2cc(S(=O)(=O)N3CCC4(CC3)CNC(=O)O4)ccc2N1. The quantitative estimate of drug-likeness (QED) is 0.805. The molecule has 2 N–H and O–H groups in total. The van der Waals surface area contributed by atoms with Crippen LogP contribution in [-0.4, -0.2) is 50.0 Å². The number of nitrogens with one attached hydrogen (secondary N) is 2. The molecule has 9 heteroatoms. The van der Waals surface area contributed by atoms with Gasteiger partial charge < -0.3 is 15.4 Å². The molecular formula is C15H17N3O5S. The minimum Gasteiger partial charge on any atom is -0.441 e. The summed E-state index contributed by atoms with van der Waals surface area (Å²) in [5, 5.41) is 5.32. The first-order chi connectivity index (χ1) is 11.4. The van der Waals surface area contributed by atoms with Gasteiger partial charge in [0.15, 0.2) is 0 Å². The van der Waals surface area contributed by atoms with Crippen LogP contribution in [0.15, 0.2) is 23.1 Å². The molecule has 8 nitrogen and oxygen atoms in total. The van der Waals surface area contributed by atoms with E-state index in [2.05, 4.69) is 10.6 Å². The van der Waals surface area contributed by atoms with E-state index in [-0.39, 0.29) is 17.2 Å². The van der Waals surface area contributed by atoms with Gasteiger partial charge in [-0.15, -0.1) is 0 Å². The number of benzene rings is 1. The van der Waals surface area contributed by atoms with Gasteiger partial charge in [-0.25, -0.2) is 13.2 Å². The number of hydrogen-bond donors (Lipinski definition) is 2. The summed E-state index contributed by atoms with van der Waals surface area (Å²) >= 11 is 0. The van der Waals surface area contributed by atoms with Gasteiger partial charge in [-0.2, -0.15) is 4.31 Å². The fourth-order valence-corrected chi connectivity index (χ4v) is 4.92. The predicted octanol–water partition coefficient (Wildman–Crippen LogP) is 0.444. The van der Waals surface area contributed by atoms with Crippen molar-refractivity contribution in [1.82, 2.24) is 9.62 Å². The van der Waals surface area contributed by atoms with E-state index in [0.29, 0.717) is 43.7 Å². The smallest absolute Gasteiger partial charge is 0.407 e. The van der Waals surface area contributed by atoms with Crippen molar-refractivity contribution in [3.63, 3.8) is 0 Å². The third-order valence-corrected chi connectivity index (χ3v) is 6.73. The Morgan fingerprint density at radius 2 is 1.92 bits per heavy atom. The predicted molar refractivity (Wildman–Crippen MR) is 84.0 cm³/mol. The van der Waals surface area contributed by atoms with E-state index >= 15 is 0 Å². The van der Waals surface area contributed by atoms with Crippen molar-refractivity contribution in [2.24, 2.45) is 0 Å². The number of sulfonamides is 1. The molecule has 1 aromatic carbocycles. The lowest BCUT2D eigenvalue weighted by molar-refractivity contribution is -0.115. The number of piperidine rings is 1. The molecule has 128 valence electrons. The molecule has 1 aromatic rings. The van der Waals surface area contributed by atoms with E-state index in [1.54, 1.807) is 12.1 Å². The van der Waals surface area contributed by atoms with Crippen LogP contribution in [-0.2, 0) is 26.0 Å². The van der Waals surface area contributed by atoms with Crippen LogP contribution in [0.3, 0.4) is 0 Å². The number of carbonyl (C=O) groups excluding carboxylic acids is 2. The number of carbonyl (C=O) groups is 2. The van der Waals surface area contributed by atoms with Crippen molar-refractivity contribution in [1.29, 1.82) is 0 Å². The number of nitrogens with zero attached hydrogens (tertiary/aromatic N) is 1. The number of fused-ring (bicyclic) bond motifs is 1. The van der Waals surface area contributed by atoms with Crippen LogP contribution in [0.5, 0.6) is 0 Å². The Morgan fingerprint density at radius 3 is 2.58 bits per heavy atom. The number of ether oxygens (including phenoxy) is 1. The molecule has 2 fully saturated rings. The number of hydrogen-bond acceptors (Lipinski definition) is 5. The molecule has 0 aliphatic carbocycles. The highest BCUT2D eigenvalue weighted by atomic mass is 32.2. The average Bonchev–Trinajstić information content (AvgIpc) is 3.09. The Labute approximate surface area is 139 Å². The maximum atomic E-state index is 12.8. The van der Waals surface area contributed by atoms with Gasteiger partial charge in [0.25, 0.3) is 0 Å². The van der Waals surface area contributed by atoms with E-state index < -0.39 is 21.7 Å². The van der Waals surface area contributed by atoms with Crippen LogP contribution < -0.4 is 10.6 Å². The van der Waals surface area contributed by atoms with Gasteiger partial charge in [-0.05, 0) is 23.8 Å². The molecule has 1 spiro atoms. The van der Waals surface area contributed by atoms with Crippen molar-refractivity contribution < 1.29 is 22.7 Å². The summed E-state index contributed by atoms with van der Waals surface area (Å²) in [5.41, 5.74) is 0.779. The second-order valence-corrected chi connectivity index (χ2v) is 8.31. The van der Waals surface area contributed by atoms with Gasteiger partial charge in [-0.1, -0.05) is 0 Å². The lowest BCUT2D eigenvalue weighted by atomic mass is 9.93. The average molecular weight is 351 g/mol. The summed E-state index contributed by atoms with van der Waals surface area (Å²) in [5.74, 6) is -0.130. The van der Waals surface area contributed by atoms with E-state index in [1.165, 1.54) is 10.4 Å². The zero-order valence-corrected chi connectivity index (χ0v) is 13.7. The zero-order chi connectivity index (χ0) is 16.9. The largest absolute Gasteiger partial charge is 0.441 e. The van der Waals surface area contributed by atoms with Crippen molar-refractivity contribution in [2.75, 3.05) is 25.0 Å². The highest BCUT2D eigenvalue weighted by Gasteiger charge is 2.45. The molecule has 0 radical (unpaired) electrons. The number of anilines is 1. The minimum atomic E-state index is -3.63. The molecular weight excluding hydrogens is 334 g/mol. The van der Waals surface area contributed by atoms with Crippen molar-refractivity contribution in [3.05, 3.63) is 23.8 Å². The number of alkyl carbamates (subject to hydrolysis) is 1. The van der Waals surface area contributed by atoms with Gasteiger partial charge in [0.05, 0.1) is 17.9 Å². The van der Waals surface area contributed by atoms with Crippen molar-refractivity contribution in [3.8, 4) is 0 Å². The first-order valence-corrected chi connectivity index (χ1v) is 9.22.